The minimum Gasteiger partial charge on any atom is -0.380 e. The van der Waals surface area contributed by atoms with Gasteiger partial charge in [-0.3, -0.25) is 9.48 Å². The highest BCUT2D eigenvalue weighted by molar-refractivity contribution is 9.10. The Labute approximate surface area is 157 Å². The molecule has 1 amide bonds. The second-order valence-corrected chi connectivity index (χ2v) is 7.49. The maximum absolute atomic E-state index is 12.7. The van der Waals surface area contributed by atoms with E-state index in [2.05, 4.69) is 26.0 Å². The smallest absolute Gasteiger partial charge is 0.298 e. The molecule has 0 aliphatic rings. The lowest BCUT2D eigenvalue weighted by molar-refractivity contribution is 0.0987. The van der Waals surface area contributed by atoms with E-state index in [1.54, 1.807) is 17.9 Å². The van der Waals surface area contributed by atoms with Gasteiger partial charge in [-0.25, -0.2) is 0 Å². The van der Waals surface area contributed by atoms with Gasteiger partial charge in [-0.05, 0) is 32.0 Å². The molecule has 1 aromatic carbocycles. The fourth-order valence-electron chi connectivity index (χ4n) is 2.64. The van der Waals surface area contributed by atoms with Gasteiger partial charge in [0.25, 0.3) is 5.91 Å². The summed E-state index contributed by atoms with van der Waals surface area (Å²) in [6.07, 6.45) is 1.67. The summed E-state index contributed by atoms with van der Waals surface area (Å²) >= 11 is 4.99. The molecule has 2 heterocycles. The topological polar surface area (TPSA) is 61.4 Å². The van der Waals surface area contributed by atoms with Crippen molar-refractivity contribution < 1.29 is 9.53 Å². The number of thiazole rings is 1. The van der Waals surface area contributed by atoms with Crippen molar-refractivity contribution in [3.8, 4) is 0 Å². The molecule has 6 nitrogen and oxygen atoms in total. The number of halogens is 1. The largest absolute Gasteiger partial charge is 0.380 e. The number of hydrogen-bond donors (Lipinski definition) is 0. The Kier molecular flexibility index (Phi) is 5.51. The summed E-state index contributed by atoms with van der Waals surface area (Å²) in [7, 11) is 1.75. The van der Waals surface area contributed by atoms with Crippen LogP contribution in [0.3, 0.4) is 0 Å². The van der Waals surface area contributed by atoms with E-state index in [-0.39, 0.29) is 5.91 Å². The minimum absolute atomic E-state index is 0.284. The average molecular weight is 423 g/mol. The van der Waals surface area contributed by atoms with Crippen LogP contribution in [0.4, 0.5) is 0 Å². The zero-order valence-electron chi connectivity index (χ0n) is 14.3. The summed E-state index contributed by atoms with van der Waals surface area (Å²) in [5, 5.41) is 4.12. The molecule has 0 N–H and O–H groups in total. The lowest BCUT2D eigenvalue weighted by Gasteiger charge is -2.05. The maximum atomic E-state index is 12.7. The van der Waals surface area contributed by atoms with Gasteiger partial charge in [-0.15, -0.1) is 0 Å². The molecule has 8 heteroatoms. The number of amides is 1. The fraction of sp³-hybridized carbons (Fsp3) is 0.353. The van der Waals surface area contributed by atoms with E-state index < -0.39 is 0 Å². The molecule has 0 aliphatic heterocycles. The number of nitrogens with zero attached hydrogens (tertiary/aromatic N) is 4. The van der Waals surface area contributed by atoms with Gasteiger partial charge in [-0.1, -0.05) is 27.3 Å². The molecule has 2 aromatic heterocycles. The van der Waals surface area contributed by atoms with E-state index in [1.165, 1.54) is 11.3 Å². The van der Waals surface area contributed by atoms with Crippen molar-refractivity contribution in [3.05, 3.63) is 44.9 Å². The summed E-state index contributed by atoms with van der Waals surface area (Å²) in [4.78, 5) is 17.7. The molecule has 0 spiro atoms. The molecular weight excluding hydrogens is 404 g/mol. The molecular formula is C17H19BrN4O2S. The van der Waals surface area contributed by atoms with Crippen molar-refractivity contribution in [1.82, 2.24) is 14.3 Å². The molecule has 0 bridgehead atoms. The van der Waals surface area contributed by atoms with Crippen LogP contribution < -0.4 is 4.80 Å². The van der Waals surface area contributed by atoms with Crippen LogP contribution in [0.5, 0.6) is 0 Å². The van der Waals surface area contributed by atoms with Crippen molar-refractivity contribution in [3.63, 3.8) is 0 Å². The van der Waals surface area contributed by atoms with Crippen molar-refractivity contribution in [2.24, 2.45) is 12.0 Å². The van der Waals surface area contributed by atoms with E-state index in [9.17, 15) is 4.79 Å². The number of aromatic nitrogens is 3. The normalized spacial score (nSPS) is 12.2. The van der Waals surface area contributed by atoms with Gasteiger partial charge in [0, 0.05) is 30.2 Å². The van der Waals surface area contributed by atoms with Crippen LogP contribution in [-0.2, 0) is 18.3 Å². The minimum atomic E-state index is -0.284. The predicted octanol–water partition coefficient (Wildman–Crippen LogP) is 3.28. The third-order valence-electron chi connectivity index (χ3n) is 3.83. The molecule has 0 atom stereocenters. The monoisotopic (exact) mass is 422 g/mol. The van der Waals surface area contributed by atoms with Crippen LogP contribution in [0.25, 0.3) is 10.2 Å². The van der Waals surface area contributed by atoms with Crippen LogP contribution in [0, 0.1) is 6.92 Å². The SMILES string of the molecule is CCOCCn1c(=NC(=O)c2c(C)cnn2C)sc2cc(Br)ccc21. The van der Waals surface area contributed by atoms with Crippen LogP contribution in [-0.4, -0.2) is 33.5 Å². The first kappa shape index (κ1) is 18.0. The first-order chi connectivity index (χ1) is 12.0. The Balaban J connectivity index is 2.10. The number of carbonyl (C=O) groups is 1. The summed E-state index contributed by atoms with van der Waals surface area (Å²) < 4.78 is 11.1. The van der Waals surface area contributed by atoms with Gasteiger partial charge in [0.15, 0.2) is 4.80 Å². The van der Waals surface area contributed by atoms with Crippen molar-refractivity contribution >= 4 is 43.4 Å². The van der Waals surface area contributed by atoms with E-state index in [1.807, 2.05) is 36.6 Å². The van der Waals surface area contributed by atoms with E-state index in [0.717, 1.165) is 20.3 Å². The van der Waals surface area contributed by atoms with Crippen molar-refractivity contribution in [1.29, 1.82) is 0 Å². The second kappa shape index (κ2) is 7.63. The van der Waals surface area contributed by atoms with Gasteiger partial charge >= 0.3 is 0 Å². The summed E-state index contributed by atoms with van der Waals surface area (Å²) in [5.74, 6) is -0.284. The number of fused-ring (bicyclic) bond motifs is 1. The Morgan fingerprint density at radius 2 is 2.24 bits per heavy atom. The first-order valence-corrected chi connectivity index (χ1v) is 9.56. The number of aryl methyl sites for hydroxylation is 2. The zero-order valence-corrected chi connectivity index (χ0v) is 16.7. The molecule has 25 heavy (non-hydrogen) atoms. The van der Waals surface area contributed by atoms with Crippen LogP contribution in [0.15, 0.2) is 33.9 Å². The molecule has 0 saturated carbocycles. The third-order valence-corrected chi connectivity index (χ3v) is 5.36. The number of carbonyl (C=O) groups excluding carboxylic acids is 1. The third kappa shape index (κ3) is 3.75. The Morgan fingerprint density at radius 1 is 1.44 bits per heavy atom. The van der Waals surface area contributed by atoms with Crippen LogP contribution in [0.1, 0.15) is 23.0 Å². The lowest BCUT2D eigenvalue weighted by Crippen LogP contribution is -2.20. The van der Waals surface area contributed by atoms with Gasteiger partial charge in [0.1, 0.15) is 5.69 Å². The highest BCUT2D eigenvalue weighted by atomic mass is 79.9. The standard InChI is InChI=1S/C17H19BrN4O2S/c1-4-24-8-7-22-13-6-5-12(18)9-14(13)25-17(22)20-16(23)15-11(2)10-19-21(15)3/h5-6,9-10H,4,7-8H2,1-3H3. The first-order valence-electron chi connectivity index (χ1n) is 7.95. The summed E-state index contributed by atoms with van der Waals surface area (Å²) in [6, 6.07) is 6.06. The Bertz CT molecular complexity index is 967. The fourth-order valence-corrected chi connectivity index (χ4v) is 4.25. The van der Waals surface area contributed by atoms with Gasteiger partial charge in [0.2, 0.25) is 0 Å². The van der Waals surface area contributed by atoms with Crippen molar-refractivity contribution in [2.75, 3.05) is 13.2 Å². The molecule has 3 aromatic rings. The summed E-state index contributed by atoms with van der Waals surface area (Å²) in [6.45, 7) is 5.71. The highest BCUT2D eigenvalue weighted by Gasteiger charge is 2.15. The second-order valence-electron chi connectivity index (χ2n) is 5.56. The number of rotatable bonds is 5. The molecule has 0 fully saturated rings. The van der Waals surface area contributed by atoms with E-state index in [4.69, 9.17) is 4.74 Å². The maximum Gasteiger partial charge on any atom is 0.298 e. The number of ether oxygens (including phenoxy) is 1. The predicted molar refractivity (Wildman–Crippen MR) is 102 cm³/mol. The molecule has 3 rings (SSSR count). The molecule has 0 saturated heterocycles. The van der Waals surface area contributed by atoms with Crippen molar-refractivity contribution in [2.45, 2.75) is 20.4 Å². The quantitative estimate of drug-likeness (QED) is 0.592. The Hall–Kier alpha value is -1.77. The molecule has 0 aliphatic carbocycles. The molecule has 132 valence electrons. The van der Waals surface area contributed by atoms with E-state index in [0.29, 0.717) is 30.3 Å². The Morgan fingerprint density at radius 3 is 2.92 bits per heavy atom. The summed E-state index contributed by atoms with van der Waals surface area (Å²) in [5.41, 5.74) is 2.37. The number of benzene rings is 1. The zero-order chi connectivity index (χ0) is 18.0. The van der Waals surface area contributed by atoms with Crippen LogP contribution >= 0.6 is 27.3 Å². The van der Waals surface area contributed by atoms with E-state index >= 15 is 0 Å². The van der Waals surface area contributed by atoms with Gasteiger partial charge in [-0.2, -0.15) is 10.1 Å². The average Bonchev–Trinajstić information content (AvgIpc) is 3.07. The van der Waals surface area contributed by atoms with Crippen LogP contribution in [0.2, 0.25) is 0 Å². The molecule has 0 unspecified atom stereocenters. The van der Waals surface area contributed by atoms with Gasteiger partial charge in [0.05, 0.1) is 23.0 Å². The number of hydrogen-bond acceptors (Lipinski definition) is 4. The molecule has 0 radical (unpaired) electrons. The van der Waals surface area contributed by atoms with Gasteiger partial charge < -0.3 is 9.30 Å². The lowest BCUT2D eigenvalue weighted by atomic mass is 10.3. The highest BCUT2D eigenvalue weighted by Crippen LogP contribution is 2.22.